The number of rotatable bonds is 6. The fourth-order valence-corrected chi connectivity index (χ4v) is 4.10. The molecule has 0 spiro atoms. The number of carbonyl (C=O) groups excluding carboxylic acids is 3. The smallest absolute Gasteiger partial charge is 0.321 e. The van der Waals surface area contributed by atoms with Gasteiger partial charge in [0.15, 0.2) is 11.7 Å². The van der Waals surface area contributed by atoms with Crippen LogP contribution in [0.25, 0.3) is 10.2 Å². The van der Waals surface area contributed by atoms with E-state index in [1.165, 1.54) is 0 Å². The number of aromatic nitrogens is 1. The van der Waals surface area contributed by atoms with E-state index in [0.717, 1.165) is 28.3 Å². The summed E-state index contributed by atoms with van der Waals surface area (Å²) in [6.07, 6.45) is 1.55. The van der Waals surface area contributed by atoms with E-state index in [1.807, 2.05) is 38.1 Å². The molecule has 2 aromatic rings. The second-order valence-electron chi connectivity index (χ2n) is 7.51. The lowest BCUT2D eigenvalue weighted by molar-refractivity contribution is -0.152. The van der Waals surface area contributed by atoms with Gasteiger partial charge >= 0.3 is 12.0 Å². The van der Waals surface area contributed by atoms with Crippen molar-refractivity contribution in [1.82, 2.24) is 15.6 Å². The van der Waals surface area contributed by atoms with Gasteiger partial charge in [-0.3, -0.25) is 14.9 Å². The largest absolute Gasteiger partial charge is 0.455 e. The molecule has 1 unspecified atom stereocenters. The van der Waals surface area contributed by atoms with E-state index in [2.05, 4.69) is 20.5 Å². The van der Waals surface area contributed by atoms with Gasteiger partial charge in [-0.15, -0.1) is 0 Å². The van der Waals surface area contributed by atoms with Gasteiger partial charge in [0.25, 0.3) is 5.91 Å². The van der Waals surface area contributed by atoms with E-state index >= 15 is 0 Å². The molecule has 0 saturated carbocycles. The number of imide groups is 1. The van der Waals surface area contributed by atoms with Crippen LogP contribution in [0.15, 0.2) is 24.3 Å². The molecular formula is C20H26N4O4S. The highest BCUT2D eigenvalue weighted by Gasteiger charge is 2.29. The van der Waals surface area contributed by atoms with Gasteiger partial charge in [-0.1, -0.05) is 37.3 Å². The maximum Gasteiger partial charge on any atom is 0.321 e. The standard InChI is InChI=1S/C20H26N4O4S/c1-13(2)10-21-19(27)23-17(25)12-28-18(26)14-6-5-9-24(11-14)20-22-15-7-3-4-8-16(15)29-20/h3-4,7-8,13-14H,5-6,9-12H2,1-2H3,(H2,21,23,25,27). The summed E-state index contributed by atoms with van der Waals surface area (Å²) in [5.41, 5.74) is 0.949. The summed E-state index contributed by atoms with van der Waals surface area (Å²) in [7, 11) is 0. The Balaban J connectivity index is 1.48. The van der Waals surface area contributed by atoms with Crippen molar-refractivity contribution in [2.24, 2.45) is 11.8 Å². The number of nitrogens with one attached hydrogen (secondary N) is 2. The Kier molecular flexibility index (Phi) is 7.03. The number of amides is 3. The number of piperidine rings is 1. The van der Waals surface area contributed by atoms with Crippen LogP contribution in [0.5, 0.6) is 0 Å². The molecule has 0 bridgehead atoms. The number of nitrogens with zero attached hydrogens (tertiary/aromatic N) is 2. The minimum absolute atomic E-state index is 0.276. The Morgan fingerprint density at radius 3 is 2.86 bits per heavy atom. The van der Waals surface area contributed by atoms with Gasteiger partial charge in [0.1, 0.15) is 0 Å². The minimum Gasteiger partial charge on any atom is -0.455 e. The summed E-state index contributed by atoms with van der Waals surface area (Å²) < 4.78 is 6.25. The van der Waals surface area contributed by atoms with Crippen molar-refractivity contribution in [3.8, 4) is 0 Å². The number of carbonyl (C=O) groups is 3. The van der Waals surface area contributed by atoms with Gasteiger partial charge in [0.05, 0.1) is 16.1 Å². The van der Waals surface area contributed by atoms with Gasteiger partial charge in [-0.05, 0) is 30.9 Å². The van der Waals surface area contributed by atoms with Crippen molar-refractivity contribution in [2.75, 3.05) is 31.1 Å². The summed E-state index contributed by atoms with van der Waals surface area (Å²) >= 11 is 1.60. The molecule has 29 heavy (non-hydrogen) atoms. The van der Waals surface area contributed by atoms with Gasteiger partial charge in [-0.25, -0.2) is 9.78 Å². The Morgan fingerprint density at radius 2 is 2.10 bits per heavy atom. The predicted molar refractivity (Wildman–Crippen MR) is 112 cm³/mol. The number of hydrogen-bond donors (Lipinski definition) is 2. The highest BCUT2D eigenvalue weighted by atomic mass is 32.1. The molecule has 1 aromatic heterocycles. The van der Waals surface area contributed by atoms with Crippen LogP contribution < -0.4 is 15.5 Å². The van der Waals surface area contributed by atoms with Crippen LogP contribution in [0, 0.1) is 11.8 Å². The first-order valence-electron chi connectivity index (χ1n) is 9.77. The van der Waals surface area contributed by atoms with Crippen molar-refractivity contribution >= 4 is 44.6 Å². The summed E-state index contributed by atoms with van der Waals surface area (Å²) in [5, 5.41) is 5.63. The molecule has 1 atom stereocenters. The van der Waals surface area contributed by atoms with Crippen molar-refractivity contribution < 1.29 is 19.1 Å². The lowest BCUT2D eigenvalue weighted by atomic mass is 9.99. The van der Waals surface area contributed by atoms with Gasteiger partial charge in [0, 0.05) is 19.6 Å². The Bertz CT molecular complexity index is 849. The van der Waals surface area contributed by atoms with E-state index in [1.54, 1.807) is 11.3 Å². The highest BCUT2D eigenvalue weighted by molar-refractivity contribution is 7.22. The van der Waals surface area contributed by atoms with E-state index in [9.17, 15) is 14.4 Å². The number of thiazole rings is 1. The fourth-order valence-electron chi connectivity index (χ4n) is 3.10. The number of urea groups is 1. The van der Waals surface area contributed by atoms with Crippen LogP contribution in [0.2, 0.25) is 0 Å². The van der Waals surface area contributed by atoms with E-state index in [4.69, 9.17) is 4.74 Å². The molecule has 1 saturated heterocycles. The molecule has 1 aliphatic rings. The molecular weight excluding hydrogens is 392 g/mol. The molecule has 2 heterocycles. The molecule has 2 N–H and O–H groups in total. The normalized spacial score (nSPS) is 16.7. The maximum absolute atomic E-state index is 12.4. The molecule has 8 nitrogen and oxygen atoms in total. The van der Waals surface area contributed by atoms with Gasteiger partial charge in [0.2, 0.25) is 0 Å². The molecule has 9 heteroatoms. The average Bonchev–Trinajstić information content (AvgIpc) is 3.15. The number of fused-ring (bicyclic) bond motifs is 1. The Labute approximate surface area is 173 Å². The maximum atomic E-state index is 12.4. The lowest BCUT2D eigenvalue weighted by Gasteiger charge is -2.31. The third-order valence-electron chi connectivity index (χ3n) is 4.58. The van der Waals surface area contributed by atoms with Crippen LogP contribution in [0.3, 0.4) is 0 Å². The first-order valence-corrected chi connectivity index (χ1v) is 10.6. The number of benzene rings is 1. The SMILES string of the molecule is CC(C)CNC(=O)NC(=O)COC(=O)C1CCCN(c2nc3ccccc3s2)C1. The van der Waals surface area contributed by atoms with Crippen LogP contribution in [0.4, 0.5) is 9.93 Å². The summed E-state index contributed by atoms with van der Waals surface area (Å²) in [4.78, 5) is 42.5. The first kappa shape index (κ1) is 21.0. The Morgan fingerprint density at radius 1 is 1.31 bits per heavy atom. The molecule has 3 rings (SSSR count). The van der Waals surface area contributed by atoms with Crippen LogP contribution in [-0.2, 0) is 14.3 Å². The highest BCUT2D eigenvalue weighted by Crippen LogP contribution is 2.31. The summed E-state index contributed by atoms with van der Waals surface area (Å²) in [5.74, 6) is -1.11. The number of anilines is 1. The van der Waals surface area contributed by atoms with E-state index in [-0.39, 0.29) is 11.8 Å². The second-order valence-corrected chi connectivity index (χ2v) is 8.52. The molecule has 0 radical (unpaired) electrons. The second kappa shape index (κ2) is 9.69. The topological polar surface area (TPSA) is 101 Å². The zero-order chi connectivity index (χ0) is 20.8. The van der Waals surface area contributed by atoms with Crippen molar-refractivity contribution in [2.45, 2.75) is 26.7 Å². The number of ether oxygens (including phenoxy) is 1. The van der Waals surface area contributed by atoms with Crippen LogP contribution in [0.1, 0.15) is 26.7 Å². The van der Waals surface area contributed by atoms with Crippen LogP contribution >= 0.6 is 11.3 Å². The van der Waals surface area contributed by atoms with Gasteiger partial charge in [-0.2, -0.15) is 0 Å². The molecule has 3 amide bonds. The number of hydrogen-bond acceptors (Lipinski definition) is 7. The molecule has 1 aromatic carbocycles. The summed E-state index contributed by atoms with van der Waals surface area (Å²) in [6, 6.07) is 7.35. The Hall–Kier alpha value is -2.68. The molecule has 0 aliphatic carbocycles. The molecule has 1 aliphatic heterocycles. The predicted octanol–water partition coefficient (Wildman–Crippen LogP) is 2.54. The number of para-hydroxylation sites is 1. The van der Waals surface area contributed by atoms with Crippen LogP contribution in [-0.4, -0.2) is 49.1 Å². The van der Waals surface area contributed by atoms with E-state index in [0.29, 0.717) is 19.5 Å². The molecule has 1 fully saturated rings. The zero-order valence-corrected chi connectivity index (χ0v) is 17.5. The average molecular weight is 419 g/mol. The van der Waals surface area contributed by atoms with Crippen molar-refractivity contribution in [3.63, 3.8) is 0 Å². The number of esters is 1. The quantitative estimate of drug-likeness (QED) is 0.699. The third-order valence-corrected chi connectivity index (χ3v) is 5.67. The summed E-state index contributed by atoms with van der Waals surface area (Å²) in [6.45, 7) is 5.24. The third kappa shape index (κ3) is 5.90. The monoisotopic (exact) mass is 418 g/mol. The fraction of sp³-hybridized carbons (Fsp3) is 0.500. The minimum atomic E-state index is -0.640. The lowest BCUT2D eigenvalue weighted by Crippen LogP contribution is -2.43. The van der Waals surface area contributed by atoms with Crippen molar-refractivity contribution in [1.29, 1.82) is 0 Å². The van der Waals surface area contributed by atoms with Crippen molar-refractivity contribution in [3.05, 3.63) is 24.3 Å². The first-order chi connectivity index (χ1) is 13.9. The molecule has 156 valence electrons. The van der Waals surface area contributed by atoms with Gasteiger partial charge < -0.3 is 15.0 Å². The van der Waals surface area contributed by atoms with E-state index < -0.39 is 24.5 Å². The zero-order valence-electron chi connectivity index (χ0n) is 16.6.